The largest absolute Gasteiger partial charge is 0.497 e. The van der Waals surface area contributed by atoms with E-state index in [1.807, 2.05) is 46.0 Å². The highest BCUT2D eigenvalue weighted by Crippen LogP contribution is 2.30. The van der Waals surface area contributed by atoms with Crippen molar-refractivity contribution in [2.45, 2.75) is 31.5 Å². The molecule has 31 heavy (non-hydrogen) atoms. The Morgan fingerprint density at radius 2 is 1.77 bits per heavy atom. The molecule has 0 spiro atoms. The standard InChI is InChI=1S/C23H27N5O3/c1-30-18-11-16(12-19(13-18)31-2)14-27-15-22(27)23(29)26-9-7-17(8-10-26)28-21-6-4-3-5-20(21)24-25-28/h3-6,11-13,17,22H,7-10,14-15H2,1-2H3. The van der Waals surface area contributed by atoms with Gasteiger partial charge in [-0.15, -0.1) is 5.10 Å². The number of amides is 1. The van der Waals surface area contributed by atoms with Crippen LogP contribution >= 0.6 is 0 Å². The number of benzene rings is 2. The van der Waals surface area contributed by atoms with Gasteiger partial charge in [0.2, 0.25) is 5.91 Å². The van der Waals surface area contributed by atoms with E-state index in [0.29, 0.717) is 6.54 Å². The van der Waals surface area contributed by atoms with Gasteiger partial charge in [0, 0.05) is 32.2 Å². The molecule has 162 valence electrons. The van der Waals surface area contributed by atoms with Crippen LogP contribution in [-0.4, -0.2) is 70.6 Å². The number of aromatic nitrogens is 3. The second-order valence-electron chi connectivity index (χ2n) is 8.25. The Hall–Kier alpha value is -3.13. The third-order valence-corrected chi connectivity index (χ3v) is 6.30. The Labute approximate surface area is 181 Å². The summed E-state index contributed by atoms with van der Waals surface area (Å²) in [5.74, 6) is 1.76. The van der Waals surface area contributed by atoms with E-state index in [0.717, 1.165) is 60.6 Å². The monoisotopic (exact) mass is 421 g/mol. The van der Waals surface area contributed by atoms with Crippen LogP contribution in [0.3, 0.4) is 0 Å². The maximum atomic E-state index is 13.0. The lowest BCUT2D eigenvalue weighted by molar-refractivity contribution is -0.132. The highest BCUT2D eigenvalue weighted by atomic mass is 16.5. The van der Waals surface area contributed by atoms with Crippen molar-refractivity contribution in [1.82, 2.24) is 24.8 Å². The molecule has 8 nitrogen and oxygen atoms in total. The van der Waals surface area contributed by atoms with Crippen LogP contribution in [0.2, 0.25) is 0 Å². The SMILES string of the molecule is COc1cc(CN2CC2C(=O)N2CCC(n3nnc4ccccc43)CC2)cc(OC)c1. The first kappa shape index (κ1) is 19.8. The van der Waals surface area contributed by atoms with E-state index in [9.17, 15) is 4.79 Å². The number of piperidine rings is 1. The van der Waals surface area contributed by atoms with E-state index in [1.54, 1.807) is 14.2 Å². The Morgan fingerprint density at radius 3 is 2.48 bits per heavy atom. The van der Waals surface area contributed by atoms with Gasteiger partial charge in [0.1, 0.15) is 23.1 Å². The topological polar surface area (TPSA) is 72.5 Å². The molecule has 2 aliphatic rings. The van der Waals surface area contributed by atoms with E-state index < -0.39 is 0 Å². The second kappa shape index (κ2) is 8.19. The fraction of sp³-hybridized carbons (Fsp3) is 0.435. The predicted octanol–water partition coefficient (Wildman–Crippen LogP) is 2.50. The predicted molar refractivity (Wildman–Crippen MR) is 116 cm³/mol. The van der Waals surface area contributed by atoms with Gasteiger partial charge in [-0.05, 0) is 42.7 Å². The molecule has 3 heterocycles. The summed E-state index contributed by atoms with van der Waals surface area (Å²) in [6, 6.07) is 14.1. The zero-order chi connectivity index (χ0) is 21.4. The molecular formula is C23H27N5O3. The molecule has 2 atom stereocenters. The van der Waals surface area contributed by atoms with E-state index in [-0.39, 0.29) is 18.0 Å². The van der Waals surface area contributed by atoms with Crippen molar-refractivity contribution in [2.24, 2.45) is 0 Å². The zero-order valence-corrected chi connectivity index (χ0v) is 17.9. The van der Waals surface area contributed by atoms with Crippen LogP contribution in [0.4, 0.5) is 0 Å². The van der Waals surface area contributed by atoms with Crippen molar-refractivity contribution >= 4 is 16.9 Å². The van der Waals surface area contributed by atoms with Crippen LogP contribution in [0.1, 0.15) is 24.4 Å². The highest BCUT2D eigenvalue weighted by molar-refractivity contribution is 5.85. The molecule has 2 unspecified atom stereocenters. The number of methoxy groups -OCH3 is 2. The van der Waals surface area contributed by atoms with Gasteiger partial charge in [0.15, 0.2) is 0 Å². The van der Waals surface area contributed by atoms with E-state index in [1.165, 1.54) is 0 Å². The molecule has 0 aliphatic carbocycles. The van der Waals surface area contributed by atoms with Gasteiger partial charge in [-0.2, -0.15) is 0 Å². The second-order valence-corrected chi connectivity index (χ2v) is 8.25. The molecule has 5 rings (SSSR count). The number of rotatable bonds is 6. The van der Waals surface area contributed by atoms with Crippen molar-refractivity contribution in [3.63, 3.8) is 0 Å². The Balaban J connectivity index is 1.17. The van der Waals surface area contributed by atoms with Crippen LogP contribution in [0.5, 0.6) is 11.5 Å². The molecule has 0 radical (unpaired) electrons. The van der Waals surface area contributed by atoms with Gasteiger partial charge in [-0.1, -0.05) is 17.3 Å². The first-order valence-electron chi connectivity index (χ1n) is 10.7. The lowest BCUT2D eigenvalue weighted by Gasteiger charge is -2.32. The molecule has 2 aliphatic heterocycles. The normalized spacial score (nSPS) is 21.3. The van der Waals surface area contributed by atoms with Crippen molar-refractivity contribution in [3.05, 3.63) is 48.0 Å². The summed E-state index contributed by atoms with van der Waals surface area (Å²) in [6.45, 7) is 3.03. The van der Waals surface area contributed by atoms with Crippen LogP contribution in [0, 0.1) is 0 Å². The number of carbonyl (C=O) groups excluding carboxylic acids is 1. The van der Waals surface area contributed by atoms with Crippen LogP contribution in [0.25, 0.3) is 11.0 Å². The minimum Gasteiger partial charge on any atom is -0.497 e. The maximum absolute atomic E-state index is 13.0. The van der Waals surface area contributed by atoms with Crippen molar-refractivity contribution in [1.29, 1.82) is 0 Å². The van der Waals surface area contributed by atoms with Gasteiger partial charge in [0.25, 0.3) is 0 Å². The quantitative estimate of drug-likeness (QED) is 0.570. The lowest BCUT2D eigenvalue weighted by atomic mass is 10.0. The number of hydrogen-bond acceptors (Lipinski definition) is 6. The summed E-state index contributed by atoms with van der Waals surface area (Å²) >= 11 is 0. The van der Waals surface area contributed by atoms with Gasteiger partial charge >= 0.3 is 0 Å². The highest BCUT2D eigenvalue weighted by Gasteiger charge is 2.43. The number of carbonyl (C=O) groups is 1. The third kappa shape index (κ3) is 3.95. The third-order valence-electron chi connectivity index (χ3n) is 6.30. The molecule has 2 saturated heterocycles. The number of ether oxygens (including phenoxy) is 2. The summed E-state index contributed by atoms with van der Waals surface area (Å²) < 4.78 is 12.7. The summed E-state index contributed by atoms with van der Waals surface area (Å²) in [5.41, 5.74) is 3.07. The Morgan fingerprint density at radius 1 is 1.06 bits per heavy atom. The molecule has 0 bridgehead atoms. The van der Waals surface area contributed by atoms with Crippen molar-refractivity contribution < 1.29 is 14.3 Å². The Bertz CT molecular complexity index is 1070. The fourth-order valence-electron chi connectivity index (χ4n) is 4.47. The van der Waals surface area contributed by atoms with Crippen LogP contribution in [-0.2, 0) is 11.3 Å². The van der Waals surface area contributed by atoms with Crippen LogP contribution in [0.15, 0.2) is 42.5 Å². The molecule has 1 amide bonds. The molecule has 0 saturated carbocycles. The first-order valence-corrected chi connectivity index (χ1v) is 10.7. The Kier molecular flexibility index (Phi) is 5.23. The summed E-state index contributed by atoms with van der Waals surface area (Å²) in [4.78, 5) is 17.2. The summed E-state index contributed by atoms with van der Waals surface area (Å²) in [5, 5.41) is 8.63. The van der Waals surface area contributed by atoms with Crippen molar-refractivity contribution in [3.8, 4) is 11.5 Å². The molecule has 1 aromatic heterocycles. The smallest absolute Gasteiger partial charge is 0.241 e. The maximum Gasteiger partial charge on any atom is 0.241 e. The number of likely N-dealkylation sites (tertiary alicyclic amines) is 1. The fourth-order valence-corrected chi connectivity index (χ4v) is 4.47. The van der Waals surface area contributed by atoms with Crippen molar-refractivity contribution in [2.75, 3.05) is 33.9 Å². The van der Waals surface area contributed by atoms with E-state index in [2.05, 4.69) is 21.3 Å². The summed E-state index contributed by atoms with van der Waals surface area (Å²) in [7, 11) is 3.29. The number of para-hydroxylation sites is 1. The molecule has 2 aromatic carbocycles. The molecule has 0 N–H and O–H groups in total. The first-order chi connectivity index (χ1) is 15.2. The lowest BCUT2D eigenvalue weighted by Crippen LogP contribution is -2.42. The molecular weight excluding hydrogens is 394 g/mol. The average molecular weight is 422 g/mol. The zero-order valence-electron chi connectivity index (χ0n) is 17.9. The van der Waals surface area contributed by atoms with Gasteiger partial charge in [-0.3, -0.25) is 9.69 Å². The summed E-state index contributed by atoms with van der Waals surface area (Å²) in [6.07, 6.45) is 1.80. The molecule has 2 fully saturated rings. The number of hydrogen-bond donors (Lipinski definition) is 0. The molecule has 8 heteroatoms. The molecule has 3 aromatic rings. The van der Waals surface area contributed by atoms with Gasteiger partial charge < -0.3 is 14.4 Å². The van der Waals surface area contributed by atoms with E-state index >= 15 is 0 Å². The number of nitrogens with zero attached hydrogens (tertiary/aromatic N) is 5. The van der Waals surface area contributed by atoms with E-state index in [4.69, 9.17) is 9.47 Å². The minimum absolute atomic E-state index is 0.0269. The van der Waals surface area contributed by atoms with Gasteiger partial charge in [0.05, 0.1) is 25.8 Å². The number of fused-ring (bicyclic) bond motifs is 1. The van der Waals surface area contributed by atoms with Crippen LogP contribution < -0.4 is 9.47 Å². The van der Waals surface area contributed by atoms with Gasteiger partial charge in [-0.25, -0.2) is 4.68 Å². The average Bonchev–Trinajstić information content (AvgIpc) is 3.44. The minimum atomic E-state index is -0.0269.